The number of carboxylic acids is 1. The van der Waals surface area contributed by atoms with Gasteiger partial charge in [-0.3, -0.25) is 9.59 Å². The van der Waals surface area contributed by atoms with E-state index >= 15 is 0 Å². The molecule has 5 nitrogen and oxygen atoms in total. The molecule has 0 radical (unpaired) electrons. The monoisotopic (exact) mass is 257 g/mol. The summed E-state index contributed by atoms with van der Waals surface area (Å²) in [7, 11) is 1.56. The third-order valence-corrected chi connectivity index (χ3v) is 2.74. The zero-order chi connectivity index (χ0) is 12.8. The zero-order valence-electron chi connectivity index (χ0n) is 9.80. The number of rotatable bonds is 6. The van der Waals surface area contributed by atoms with E-state index in [0.29, 0.717) is 5.75 Å². The van der Waals surface area contributed by atoms with Crippen molar-refractivity contribution in [3.8, 4) is 0 Å². The normalized spacial score (nSPS) is 10.2. The van der Waals surface area contributed by atoms with E-state index in [1.54, 1.807) is 30.9 Å². The summed E-state index contributed by atoms with van der Waals surface area (Å²) >= 11 is 1.61. The minimum Gasteiger partial charge on any atom is -0.481 e. The number of furan rings is 1. The molecule has 0 bridgehead atoms. The summed E-state index contributed by atoms with van der Waals surface area (Å²) in [6, 6.07) is 3.37. The molecule has 1 rings (SSSR count). The van der Waals surface area contributed by atoms with Crippen LogP contribution in [0, 0.1) is 0 Å². The predicted molar refractivity (Wildman–Crippen MR) is 65.1 cm³/mol. The Morgan fingerprint density at radius 3 is 2.76 bits per heavy atom. The second-order valence-electron chi connectivity index (χ2n) is 3.57. The number of carbonyl (C=O) groups is 2. The molecule has 17 heavy (non-hydrogen) atoms. The Hall–Kier alpha value is -1.43. The van der Waals surface area contributed by atoms with Gasteiger partial charge >= 0.3 is 5.97 Å². The first-order valence-corrected chi connectivity index (χ1v) is 6.49. The second-order valence-corrected chi connectivity index (χ2v) is 4.44. The van der Waals surface area contributed by atoms with Crippen molar-refractivity contribution in [2.75, 3.05) is 19.8 Å². The van der Waals surface area contributed by atoms with Crippen LogP contribution < -0.4 is 0 Å². The van der Waals surface area contributed by atoms with Crippen molar-refractivity contribution in [2.24, 2.45) is 0 Å². The number of nitrogens with zero attached hydrogens (tertiary/aromatic N) is 1. The molecule has 0 spiro atoms. The highest BCUT2D eigenvalue weighted by Gasteiger charge is 2.16. The summed E-state index contributed by atoms with van der Waals surface area (Å²) in [4.78, 5) is 23.5. The van der Waals surface area contributed by atoms with E-state index in [1.165, 1.54) is 4.90 Å². The largest absolute Gasteiger partial charge is 0.481 e. The Balaban J connectivity index is 2.58. The molecular weight excluding hydrogens is 242 g/mol. The summed E-state index contributed by atoms with van der Waals surface area (Å²) in [5.41, 5.74) is 0. The fourth-order valence-electron chi connectivity index (χ4n) is 1.27. The second kappa shape index (κ2) is 6.34. The summed E-state index contributed by atoms with van der Waals surface area (Å²) in [5.74, 6) is 0.492. The average Bonchev–Trinajstić information content (AvgIpc) is 2.74. The van der Waals surface area contributed by atoms with Gasteiger partial charge in [0.1, 0.15) is 5.76 Å². The molecule has 0 aliphatic rings. The molecule has 0 aromatic carbocycles. The van der Waals surface area contributed by atoms with Crippen molar-refractivity contribution in [2.45, 2.75) is 12.2 Å². The van der Waals surface area contributed by atoms with Crippen molar-refractivity contribution in [3.05, 3.63) is 23.7 Å². The van der Waals surface area contributed by atoms with E-state index in [0.717, 1.165) is 5.76 Å². The Kier molecular flexibility index (Phi) is 5.09. The Bertz CT molecular complexity index is 402. The summed E-state index contributed by atoms with van der Waals surface area (Å²) < 4.78 is 5.35. The van der Waals surface area contributed by atoms with Gasteiger partial charge in [-0.05, 0) is 18.4 Å². The lowest BCUT2D eigenvalue weighted by atomic mass is 10.3. The van der Waals surface area contributed by atoms with E-state index in [4.69, 9.17) is 9.52 Å². The van der Waals surface area contributed by atoms with Crippen molar-refractivity contribution in [3.63, 3.8) is 0 Å². The lowest BCUT2D eigenvalue weighted by molar-refractivity contribution is -0.137. The lowest BCUT2D eigenvalue weighted by Crippen LogP contribution is -2.28. The van der Waals surface area contributed by atoms with Crippen LogP contribution in [-0.2, 0) is 10.5 Å². The maximum Gasteiger partial charge on any atom is 0.305 e. The molecule has 0 aliphatic carbocycles. The van der Waals surface area contributed by atoms with Gasteiger partial charge in [-0.2, -0.15) is 11.8 Å². The number of carbonyl (C=O) groups excluding carboxylic acids is 1. The van der Waals surface area contributed by atoms with Crippen molar-refractivity contribution in [1.82, 2.24) is 4.90 Å². The van der Waals surface area contributed by atoms with Crippen molar-refractivity contribution in [1.29, 1.82) is 0 Å². The smallest absolute Gasteiger partial charge is 0.305 e. The van der Waals surface area contributed by atoms with Crippen molar-refractivity contribution < 1.29 is 19.1 Å². The topological polar surface area (TPSA) is 70.8 Å². The van der Waals surface area contributed by atoms with Gasteiger partial charge in [0.2, 0.25) is 0 Å². The first-order chi connectivity index (χ1) is 8.04. The van der Waals surface area contributed by atoms with E-state index in [9.17, 15) is 9.59 Å². The highest BCUT2D eigenvalue weighted by atomic mass is 32.2. The van der Waals surface area contributed by atoms with Gasteiger partial charge in [-0.25, -0.2) is 0 Å². The highest BCUT2D eigenvalue weighted by molar-refractivity contribution is 7.97. The zero-order valence-corrected chi connectivity index (χ0v) is 10.6. The first kappa shape index (κ1) is 13.6. The van der Waals surface area contributed by atoms with E-state index < -0.39 is 5.97 Å². The van der Waals surface area contributed by atoms with Gasteiger partial charge < -0.3 is 14.4 Å². The molecule has 0 unspecified atom stereocenters. The molecule has 0 saturated carbocycles. The molecule has 0 fully saturated rings. The predicted octanol–water partition coefficient (Wildman–Crippen LogP) is 1.69. The van der Waals surface area contributed by atoms with E-state index in [1.807, 2.05) is 6.26 Å². The van der Waals surface area contributed by atoms with Gasteiger partial charge in [0.25, 0.3) is 5.91 Å². The molecule has 1 N–H and O–H groups in total. The molecule has 1 heterocycles. The van der Waals surface area contributed by atoms with Crippen LogP contribution in [-0.4, -0.2) is 41.7 Å². The van der Waals surface area contributed by atoms with Crippen LogP contribution in [0.1, 0.15) is 22.7 Å². The van der Waals surface area contributed by atoms with E-state index in [-0.39, 0.29) is 24.6 Å². The fraction of sp³-hybridized carbons (Fsp3) is 0.455. The summed E-state index contributed by atoms with van der Waals surface area (Å²) in [6.45, 7) is 0.173. The lowest BCUT2D eigenvalue weighted by Gasteiger charge is -2.13. The van der Waals surface area contributed by atoms with Gasteiger partial charge in [0.15, 0.2) is 5.76 Å². The molecule has 0 saturated heterocycles. The molecule has 1 aromatic rings. The number of hydrogen-bond acceptors (Lipinski definition) is 4. The van der Waals surface area contributed by atoms with Crippen LogP contribution in [0.25, 0.3) is 0 Å². The molecule has 6 heteroatoms. The molecule has 1 amide bonds. The van der Waals surface area contributed by atoms with Gasteiger partial charge in [-0.1, -0.05) is 0 Å². The quantitative estimate of drug-likeness (QED) is 0.839. The molecular formula is C11H15NO4S. The summed E-state index contributed by atoms with van der Waals surface area (Å²) in [6.07, 6.45) is 1.88. The average molecular weight is 257 g/mol. The minimum atomic E-state index is -0.924. The molecule has 94 valence electrons. The van der Waals surface area contributed by atoms with Crippen LogP contribution >= 0.6 is 11.8 Å². The van der Waals surface area contributed by atoms with E-state index in [2.05, 4.69) is 0 Å². The number of carboxylic acid groups (broad SMARTS) is 1. The third kappa shape index (κ3) is 4.14. The molecule has 0 aliphatic heterocycles. The number of hydrogen-bond donors (Lipinski definition) is 1. The Morgan fingerprint density at radius 1 is 1.47 bits per heavy atom. The minimum absolute atomic E-state index is 0.0688. The van der Waals surface area contributed by atoms with Crippen LogP contribution in [0.2, 0.25) is 0 Å². The number of amides is 1. The molecule has 1 aromatic heterocycles. The Morgan fingerprint density at radius 2 is 2.18 bits per heavy atom. The van der Waals surface area contributed by atoms with Crippen LogP contribution in [0.4, 0.5) is 0 Å². The first-order valence-electron chi connectivity index (χ1n) is 5.09. The van der Waals surface area contributed by atoms with Crippen LogP contribution in [0.15, 0.2) is 16.5 Å². The van der Waals surface area contributed by atoms with Crippen LogP contribution in [0.3, 0.4) is 0 Å². The Labute approximate surface area is 104 Å². The standard InChI is InChI=1S/C11H15NO4S/c1-12(6-5-10(13)14)11(15)9-4-3-8(16-9)7-17-2/h3-4H,5-7H2,1-2H3,(H,13,14). The number of aliphatic carboxylic acids is 1. The highest BCUT2D eigenvalue weighted by Crippen LogP contribution is 2.14. The third-order valence-electron chi connectivity index (χ3n) is 2.17. The fourth-order valence-corrected chi connectivity index (χ4v) is 1.71. The van der Waals surface area contributed by atoms with Gasteiger partial charge in [0.05, 0.1) is 12.2 Å². The van der Waals surface area contributed by atoms with Gasteiger partial charge in [-0.15, -0.1) is 0 Å². The SMILES string of the molecule is CSCc1ccc(C(=O)N(C)CCC(=O)O)o1. The van der Waals surface area contributed by atoms with Crippen LogP contribution in [0.5, 0.6) is 0 Å². The van der Waals surface area contributed by atoms with Gasteiger partial charge in [0, 0.05) is 13.6 Å². The maximum absolute atomic E-state index is 11.8. The van der Waals surface area contributed by atoms with Crippen molar-refractivity contribution >= 4 is 23.6 Å². The number of thioether (sulfide) groups is 1. The molecule has 0 atom stereocenters. The summed E-state index contributed by atoms with van der Waals surface area (Å²) in [5, 5.41) is 8.52. The maximum atomic E-state index is 11.8.